The van der Waals surface area contributed by atoms with Gasteiger partial charge in [0.25, 0.3) is 0 Å². The number of ether oxygens (including phenoxy) is 3. The average Bonchev–Trinajstić information content (AvgIpc) is 3.23. The molecule has 9 heteroatoms. The fourth-order valence-corrected chi connectivity index (χ4v) is 4.49. The van der Waals surface area contributed by atoms with Crippen molar-refractivity contribution < 1.29 is 27.4 Å². The summed E-state index contributed by atoms with van der Waals surface area (Å²) in [6, 6.07) is 4.61. The Morgan fingerprint density at radius 3 is 2.66 bits per heavy atom. The smallest absolute Gasteiger partial charge is 0.240 e. The molecule has 1 saturated heterocycles. The van der Waals surface area contributed by atoms with Crippen LogP contribution in [0, 0.1) is 0 Å². The quantitative estimate of drug-likeness (QED) is 0.525. The van der Waals surface area contributed by atoms with Gasteiger partial charge in [-0.25, -0.2) is 13.1 Å². The zero-order valence-electron chi connectivity index (χ0n) is 16.7. The summed E-state index contributed by atoms with van der Waals surface area (Å²) in [4.78, 5) is 12.0. The van der Waals surface area contributed by atoms with Crippen LogP contribution in [0.15, 0.2) is 23.1 Å². The fourth-order valence-electron chi connectivity index (χ4n) is 3.40. The summed E-state index contributed by atoms with van der Waals surface area (Å²) in [7, 11) is -3.59. The molecule has 0 bridgehead atoms. The number of nitrogens with one attached hydrogen (secondary N) is 2. The second kappa shape index (κ2) is 10.8. The molecule has 0 saturated carbocycles. The molecule has 1 amide bonds. The number of unbranched alkanes of at least 4 members (excludes halogenated alkanes) is 2. The molecule has 2 N–H and O–H groups in total. The number of hydrogen-bond acceptors (Lipinski definition) is 6. The van der Waals surface area contributed by atoms with Gasteiger partial charge in [-0.05, 0) is 44.2 Å². The molecule has 1 aromatic rings. The van der Waals surface area contributed by atoms with Gasteiger partial charge in [0.15, 0.2) is 11.5 Å². The average molecular weight is 427 g/mol. The predicted molar refractivity (Wildman–Crippen MR) is 108 cm³/mol. The minimum Gasteiger partial charge on any atom is -0.486 e. The van der Waals surface area contributed by atoms with E-state index in [4.69, 9.17) is 14.2 Å². The third kappa shape index (κ3) is 6.87. The summed E-state index contributed by atoms with van der Waals surface area (Å²) in [5, 5.41) is 2.92. The van der Waals surface area contributed by atoms with E-state index < -0.39 is 10.0 Å². The number of benzene rings is 1. The number of carbonyl (C=O) groups excluding carboxylic acids is 1. The normalized spacial score (nSPS) is 18.6. The van der Waals surface area contributed by atoms with E-state index in [0.29, 0.717) is 50.6 Å². The summed E-state index contributed by atoms with van der Waals surface area (Å²) in [6.45, 7) is 2.68. The molecule has 0 spiro atoms. The first kappa shape index (κ1) is 21.9. The molecule has 0 aliphatic carbocycles. The lowest BCUT2D eigenvalue weighted by atomic mass is 10.1. The summed E-state index contributed by atoms with van der Waals surface area (Å²) < 4.78 is 43.8. The van der Waals surface area contributed by atoms with Crippen LogP contribution < -0.4 is 19.5 Å². The highest BCUT2D eigenvalue weighted by Crippen LogP contribution is 2.32. The first-order valence-corrected chi connectivity index (χ1v) is 11.8. The number of rotatable bonds is 11. The first-order valence-electron chi connectivity index (χ1n) is 10.3. The lowest BCUT2D eigenvalue weighted by Crippen LogP contribution is -2.27. The van der Waals surface area contributed by atoms with Crippen molar-refractivity contribution in [1.82, 2.24) is 10.0 Å². The summed E-state index contributed by atoms with van der Waals surface area (Å²) >= 11 is 0. The molecule has 1 atom stereocenters. The van der Waals surface area contributed by atoms with Crippen LogP contribution in [-0.4, -0.2) is 53.3 Å². The second-order valence-electron chi connectivity index (χ2n) is 7.29. The molecular formula is C20H30N2O6S. The van der Waals surface area contributed by atoms with Crippen LogP contribution in [-0.2, 0) is 19.6 Å². The topological polar surface area (TPSA) is 103 Å². The van der Waals surface area contributed by atoms with Gasteiger partial charge in [-0.15, -0.1) is 0 Å². The van der Waals surface area contributed by atoms with Crippen molar-refractivity contribution in [2.75, 3.05) is 32.9 Å². The number of hydrogen-bond donors (Lipinski definition) is 2. The van der Waals surface area contributed by atoms with Gasteiger partial charge in [0.05, 0.1) is 11.0 Å². The van der Waals surface area contributed by atoms with Gasteiger partial charge >= 0.3 is 0 Å². The Kier molecular flexibility index (Phi) is 8.14. The van der Waals surface area contributed by atoms with E-state index in [9.17, 15) is 13.2 Å². The van der Waals surface area contributed by atoms with Crippen LogP contribution in [0.2, 0.25) is 0 Å². The molecule has 1 aromatic carbocycles. The van der Waals surface area contributed by atoms with Crippen molar-refractivity contribution in [3.63, 3.8) is 0 Å². The molecule has 0 radical (unpaired) electrons. The molecule has 0 aromatic heterocycles. The van der Waals surface area contributed by atoms with Gasteiger partial charge in [0.2, 0.25) is 15.9 Å². The highest BCUT2D eigenvalue weighted by atomic mass is 32.2. The maximum Gasteiger partial charge on any atom is 0.240 e. The standard InChI is InChI=1S/C20H30N2O6S/c23-20(21-11-9-16-5-4-12-26-16)6-2-1-3-10-22-29(24,25)17-7-8-18-19(15-17)28-14-13-27-18/h7-8,15-16,22H,1-6,9-14H2,(H,21,23). The lowest BCUT2D eigenvalue weighted by Gasteiger charge is -2.18. The maximum absolute atomic E-state index is 12.4. The van der Waals surface area contributed by atoms with E-state index in [-0.39, 0.29) is 16.9 Å². The lowest BCUT2D eigenvalue weighted by molar-refractivity contribution is -0.121. The van der Waals surface area contributed by atoms with Crippen molar-refractivity contribution in [2.24, 2.45) is 0 Å². The number of fused-ring (bicyclic) bond motifs is 1. The van der Waals surface area contributed by atoms with E-state index in [1.54, 1.807) is 6.07 Å². The minimum atomic E-state index is -3.59. The van der Waals surface area contributed by atoms with E-state index in [1.807, 2.05) is 0 Å². The van der Waals surface area contributed by atoms with Gasteiger partial charge in [-0.3, -0.25) is 4.79 Å². The third-order valence-electron chi connectivity index (χ3n) is 5.01. The van der Waals surface area contributed by atoms with Crippen LogP contribution in [0.5, 0.6) is 11.5 Å². The molecule has 1 fully saturated rings. The van der Waals surface area contributed by atoms with Crippen LogP contribution in [0.4, 0.5) is 0 Å². The molecule has 2 aliphatic rings. The van der Waals surface area contributed by atoms with Gasteiger partial charge in [0.1, 0.15) is 13.2 Å². The Morgan fingerprint density at radius 2 is 1.86 bits per heavy atom. The van der Waals surface area contributed by atoms with E-state index in [2.05, 4.69) is 10.0 Å². The Morgan fingerprint density at radius 1 is 1.03 bits per heavy atom. The molecule has 29 heavy (non-hydrogen) atoms. The molecule has 162 valence electrons. The van der Waals surface area contributed by atoms with E-state index in [0.717, 1.165) is 38.7 Å². The van der Waals surface area contributed by atoms with Crippen molar-refractivity contribution in [2.45, 2.75) is 55.9 Å². The highest BCUT2D eigenvalue weighted by Gasteiger charge is 2.19. The van der Waals surface area contributed by atoms with Gasteiger partial charge < -0.3 is 19.5 Å². The Labute approximate surface area is 172 Å². The van der Waals surface area contributed by atoms with Gasteiger partial charge in [0, 0.05) is 32.2 Å². The van der Waals surface area contributed by atoms with Crippen molar-refractivity contribution in [3.8, 4) is 11.5 Å². The Bertz CT molecular complexity index is 777. The summed E-state index contributed by atoms with van der Waals surface area (Å²) in [6.07, 6.45) is 5.99. The monoisotopic (exact) mass is 426 g/mol. The third-order valence-corrected chi connectivity index (χ3v) is 6.47. The summed E-state index contributed by atoms with van der Waals surface area (Å²) in [5.41, 5.74) is 0. The highest BCUT2D eigenvalue weighted by molar-refractivity contribution is 7.89. The zero-order chi connectivity index (χ0) is 20.5. The molecule has 1 unspecified atom stereocenters. The predicted octanol–water partition coefficient (Wildman–Crippen LogP) is 1.98. The summed E-state index contributed by atoms with van der Waals surface area (Å²) in [5.74, 6) is 1.05. The second-order valence-corrected chi connectivity index (χ2v) is 9.05. The maximum atomic E-state index is 12.4. The molecule has 8 nitrogen and oxygen atoms in total. The van der Waals surface area contributed by atoms with Crippen molar-refractivity contribution in [1.29, 1.82) is 0 Å². The molecular weight excluding hydrogens is 396 g/mol. The van der Waals surface area contributed by atoms with Crippen LogP contribution >= 0.6 is 0 Å². The van der Waals surface area contributed by atoms with Gasteiger partial charge in [-0.1, -0.05) is 6.42 Å². The molecule has 3 rings (SSSR count). The fraction of sp³-hybridized carbons (Fsp3) is 0.650. The molecule has 2 aliphatic heterocycles. The van der Waals surface area contributed by atoms with E-state index in [1.165, 1.54) is 12.1 Å². The SMILES string of the molecule is O=C(CCCCCNS(=O)(=O)c1ccc2c(c1)OCCO2)NCCC1CCCO1. The Hall–Kier alpha value is -1.84. The van der Waals surface area contributed by atoms with Crippen LogP contribution in [0.3, 0.4) is 0 Å². The minimum absolute atomic E-state index is 0.0415. The van der Waals surface area contributed by atoms with Crippen LogP contribution in [0.1, 0.15) is 44.9 Å². The van der Waals surface area contributed by atoms with Crippen molar-refractivity contribution >= 4 is 15.9 Å². The largest absolute Gasteiger partial charge is 0.486 e. The van der Waals surface area contributed by atoms with Crippen molar-refractivity contribution in [3.05, 3.63) is 18.2 Å². The van der Waals surface area contributed by atoms with Crippen LogP contribution in [0.25, 0.3) is 0 Å². The Balaban J connectivity index is 1.28. The van der Waals surface area contributed by atoms with Gasteiger partial charge in [-0.2, -0.15) is 0 Å². The first-order chi connectivity index (χ1) is 14.0. The molecule has 2 heterocycles. The number of carbonyl (C=O) groups is 1. The number of sulfonamides is 1. The number of amides is 1. The van der Waals surface area contributed by atoms with E-state index >= 15 is 0 Å². The zero-order valence-corrected chi connectivity index (χ0v) is 17.5.